The van der Waals surface area contributed by atoms with Crippen molar-refractivity contribution in [2.75, 3.05) is 21.1 Å². The third-order valence-corrected chi connectivity index (χ3v) is 2.93. The average Bonchev–Trinajstić information content (AvgIpc) is 2.29. The van der Waals surface area contributed by atoms with Crippen molar-refractivity contribution >= 4 is 20.2 Å². The van der Waals surface area contributed by atoms with E-state index in [2.05, 4.69) is 57.3 Å². The summed E-state index contributed by atoms with van der Waals surface area (Å²) >= 11 is 0.757. The molecule has 15 heavy (non-hydrogen) atoms. The Morgan fingerprint density at radius 3 is 1.13 bits per heavy atom. The molecule has 3 N–H and O–H groups in total. The predicted octanol–water partition coefficient (Wildman–Crippen LogP) is 1.31. The summed E-state index contributed by atoms with van der Waals surface area (Å²) in [4.78, 5) is 0. The summed E-state index contributed by atoms with van der Waals surface area (Å²) in [5.41, 5.74) is 0. The first kappa shape index (κ1) is 16.0. The van der Waals surface area contributed by atoms with E-state index in [1.165, 1.54) is 19.3 Å². The number of nitrogens with one attached hydrogen (secondary N) is 3. The molecule has 0 heterocycles. The van der Waals surface area contributed by atoms with E-state index in [4.69, 9.17) is 0 Å². The van der Waals surface area contributed by atoms with Crippen LogP contribution in [0.25, 0.3) is 0 Å². The van der Waals surface area contributed by atoms with Crippen molar-refractivity contribution in [3.63, 3.8) is 0 Å². The quantitative estimate of drug-likeness (QED) is 0.688. The molecule has 6 heteroatoms. The van der Waals surface area contributed by atoms with E-state index in [-0.39, 0.29) is 0 Å². The second-order valence-electron chi connectivity index (χ2n) is 3.71. The molecule has 0 aromatic rings. The molecule has 0 saturated heterocycles. The predicted molar refractivity (Wildman–Crippen MR) is 64.1 cm³/mol. The molecule has 0 atom stereocenters. The fraction of sp³-hybridized carbons (Fsp3) is 1.00. The molecule has 97 valence electrons. The zero-order valence-corrected chi connectivity index (χ0v) is 11.9. The standard InChI is InChI=1S/C9H21N3.2ClH.Cu/c1-10-7-4-8(11-2)6-9(5-7)12-3;;;/h7-12H,4-6H2,1-3H3;2*1H;/q;;;+2/p-2. The summed E-state index contributed by atoms with van der Waals surface area (Å²) in [5.74, 6) is 0. The van der Waals surface area contributed by atoms with Crippen LogP contribution >= 0.6 is 20.2 Å². The summed E-state index contributed by atoms with van der Waals surface area (Å²) in [6, 6.07) is 2.02. The van der Waals surface area contributed by atoms with Crippen LogP contribution in [0.2, 0.25) is 0 Å². The van der Waals surface area contributed by atoms with Gasteiger partial charge in [-0.25, -0.2) is 0 Å². The molecule has 1 aliphatic rings. The molecule has 1 fully saturated rings. The van der Waals surface area contributed by atoms with Gasteiger partial charge in [0.2, 0.25) is 0 Å². The number of rotatable bonds is 3. The van der Waals surface area contributed by atoms with Crippen LogP contribution in [-0.4, -0.2) is 39.3 Å². The molecule has 0 aromatic heterocycles. The normalized spacial score (nSPS) is 30.9. The van der Waals surface area contributed by atoms with Gasteiger partial charge in [-0.1, -0.05) is 0 Å². The first-order valence-electron chi connectivity index (χ1n) is 5.04. The number of hydrogen-bond donors (Lipinski definition) is 3. The van der Waals surface area contributed by atoms with Crippen molar-refractivity contribution in [3.05, 3.63) is 0 Å². The molecule has 0 aliphatic heterocycles. The fourth-order valence-corrected chi connectivity index (χ4v) is 2.03. The van der Waals surface area contributed by atoms with Crippen LogP contribution in [0.3, 0.4) is 0 Å². The summed E-state index contributed by atoms with van der Waals surface area (Å²) in [6.45, 7) is 0. The zero-order valence-electron chi connectivity index (χ0n) is 9.41. The van der Waals surface area contributed by atoms with Gasteiger partial charge in [0.15, 0.2) is 0 Å². The Balaban J connectivity index is 0.000000583. The number of halogens is 2. The van der Waals surface area contributed by atoms with Gasteiger partial charge in [-0.15, -0.1) is 0 Å². The topological polar surface area (TPSA) is 36.1 Å². The van der Waals surface area contributed by atoms with Crippen molar-refractivity contribution in [1.29, 1.82) is 0 Å². The molecule has 0 radical (unpaired) electrons. The maximum atomic E-state index is 4.67. The van der Waals surface area contributed by atoms with Crippen LogP contribution in [0.15, 0.2) is 0 Å². The van der Waals surface area contributed by atoms with E-state index < -0.39 is 0 Å². The van der Waals surface area contributed by atoms with Crippen LogP contribution in [0.5, 0.6) is 0 Å². The first-order valence-corrected chi connectivity index (χ1v) is 7.63. The van der Waals surface area contributed by atoms with E-state index >= 15 is 0 Å². The summed E-state index contributed by atoms with van der Waals surface area (Å²) in [7, 11) is 15.5. The van der Waals surface area contributed by atoms with Gasteiger partial charge < -0.3 is 16.0 Å². The third kappa shape index (κ3) is 7.01. The third-order valence-electron chi connectivity index (χ3n) is 2.93. The van der Waals surface area contributed by atoms with Crippen molar-refractivity contribution in [2.45, 2.75) is 37.4 Å². The fourth-order valence-electron chi connectivity index (χ4n) is 2.03. The second-order valence-corrected chi connectivity index (χ2v) is 5.26. The van der Waals surface area contributed by atoms with E-state index in [0.29, 0.717) is 18.1 Å². The van der Waals surface area contributed by atoms with Crippen LogP contribution < -0.4 is 16.0 Å². The summed E-state index contributed by atoms with van der Waals surface area (Å²) in [5, 5.41) is 10.1. The van der Waals surface area contributed by atoms with Crippen LogP contribution in [0, 0.1) is 0 Å². The average molecular weight is 306 g/mol. The molecule has 1 saturated carbocycles. The SMILES string of the molecule is CNC1CC(NC)CC(NC)C1.[Cl][Cu][Cl]. The van der Waals surface area contributed by atoms with Crippen molar-refractivity contribution in [2.24, 2.45) is 0 Å². The number of hydrogen-bond acceptors (Lipinski definition) is 3. The van der Waals surface area contributed by atoms with Gasteiger partial charge in [-0.3, -0.25) is 0 Å². The Kier molecular flexibility index (Phi) is 10.8. The zero-order chi connectivity index (χ0) is 11.7. The maximum absolute atomic E-state index is 4.67. The minimum absolute atomic E-state index is 0.675. The molecule has 0 spiro atoms. The summed E-state index contributed by atoms with van der Waals surface area (Å²) in [6.07, 6.45) is 3.77. The first-order chi connectivity index (χ1) is 7.21. The van der Waals surface area contributed by atoms with Crippen LogP contribution in [0.1, 0.15) is 19.3 Å². The summed E-state index contributed by atoms with van der Waals surface area (Å²) < 4.78 is 0. The molecule has 1 rings (SSSR count). The molecule has 0 aromatic carbocycles. The Bertz CT molecular complexity index is 122. The van der Waals surface area contributed by atoms with E-state index in [1.54, 1.807) is 0 Å². The Morgan fingerprint density at radius 1 is 0.800 bits per heavy atom. The molecular formula is C9H21Cl2CuN3. The van der Waals surface area contributed by atoms with Gasteiger partial charge in [0.1, 0.15) is 0 Å². The van der Waals surface area contributed by atoms with Gasteiger partial charge in [-0.2, -0.15) is 0 Å². The molecule has 0 bridgehead atoms. The van der Waals surface area contributed by atoms with E-state index in [0.717, 1.165) is 13.1 Å². The van der Waals surface area contributed by atoms with Crippen LogP contribution in [0.4, 0.5) is 0 Å². The monoisotopic (exact) mass is 304 g/mol. The Morgan fingerprint density at radius 2 is 1.00 bits per heavy atom. The van der Waals surface area contributed by atoms with Gasteiger partial charge in [0, 0.05) is 18.1 Å². The Labute approximate surface area is 108 Å². The van der Waals surface area contributed by atoms with Gasteiger partial charge in [-0.05, 0) is 40.4 Å². The molecule has 1 aliphatic carbocycles. The van der Waals surface area contributed by atoms with Crippen molar-refractivity contribution in [1.82, 2.24) is 16.0 Å². The van der Waals surface area contributed by atoms with Gasteiger partial charge in [0.05, 0.1) is 0 Å². The van der Waals surface area contributed by atoms with Gasteiger partial charge in [0.25, 0.3) is 0 Å². The van der Waals surface area contributed by atoms with E-state index in [9.17, 15) is 0 Å². The second kappa shape index (κ2) is 10.2. The van der Waals surface area contributed by atoms with Crippen molar-refractivity contribution < 1.29 is 13.1 Å². The molecule has 3 nitrogen and oxygen atoms in total. The molecule has 0 amide bonds. The molecular weight excluding hydrogens is 285 g/mol. The van der Waals surface area contributed by atoms with Crippen LogP contribution in [-0.2, 0) is 13.1 Å². The van der Waals surface area contributed by atoms with Gasteiger partial charge >= 0.3 is 33.3 Å². The minimum atomic E-state index is 0.675. The van der Waals surface area contributed by atoms with Crippen molar-refractivity contribution in [3.8, 4) is 0 Å². The van der Waals surface area contributed by atoms with E-state index in [1.807, 2.05) is 0 Å². The molecule has 0 unspecified atom stereocenters. The Hall–Kier alpha value is 0.979.